The van der Waals surface area contributed by atoms with Gasteiger partial charge < -0.3 is 19.3 Å². The highest BCUT2D eigenvalue weighted by Crippen LogP contribution is 2.30. The molecule has 4 rings (SSSR count). The van der Waals surface area contributed by atoms with E-state index in [1.807, 2.05) is 35.2 Å². The summed E-state index contributed by atoms with van der Waals surface area (Å²) >= 11 is 0. The third-order valence-corrected chi connectivity index (χ3v) is 6.99. The molecule has 2 fully saturated rings. The highest BCUT2D eigenvalue weighted by atomic mass is 19.1. The number of carbonyl (C=O) groups excluding carboxylic acids is 2. The summed E-state index contributed by atoms with van der Waals surface area (Å²) < 4.78 is 25.5. The SMILES string of the molecule is CN(Cc1ccccc1)C(=O)C[C@@]1(COc2ccc(F)cc2)CN(C(=O)C2CCCCC2)CCO1. The van der Waals surface area contributed by atoms with Gasteiger partial charge in [0.15, 0.2) is 0 Å². The normalized spacial score (nSPS) is 20.9. The molecule has 6 nitrogen and oxygen atoms in total. The van der Waals surface area contributed by atoms with Crippen LogP contribution in [0.2, 0.25) is 0 Å². The van der Waals surface area contributed by atoms with Gasteiger partial charge >= 0.3 is 0 Å². The topological polar surface area (TPSA) is 59.1 Å². The van der Waals surface area contributed by atoms with Crippen molar-refractivity contribution in [1.82, 2.24) is 9.80 Å². The number of carbonyl (C=O) groups is 2. The van der Waals surface area contributed by atoms with Crippen LogP contribution in [0.25, 0.3) is 0 Å². The maximum atomic E-state index is 13.3. The minimum atomic E-state index is -0.973. The van der Waals surface area contributed by atoms with Gasteiger partial charge in [-0.3, -0.25) is 9.59 Å². The van der Waals surface area contributed by atoms with Crippen molar-refractivity contribution in [1.29, 1.82) is 0 Å². The minimum Gasteiger partial charge on any atom is -0.490 e. The predicted molar refractivity (Wildman–Crippen MR) is 131 cm³/mol. The molecule has 2 amide bonds. The van der Waals surface area contributed by atoms with Crippen LogP contribution in [0.4, 0.5) is 4.39 Å². The average Bonchev–Trinajstić information content (AvgIpc) is 2.89. The number of halogens is 1. The zero-order valence-corrected chi connectivity index (χ0v) is 20.5. The van der Waals surface area contributed by atoms with Crippen LogP contribution in [0.3, 0.4) is 0 Å². The predicted octanol–water partition coefficient (Wildman–Crippen LogP) is 4.43. The van der Waals surface area contributed by atoms with E-state index in [2.05, 4.69) is 0 Å². The highest BCUT2D eigenvalue weighted by Gasteiger charge is 2.43. The molecule has 0 bridgehead atoms. The van der Waals surface area contributed by atoms with E-state index in [0.717, 1.165) is 31.2 Å². The van der Waals surface area contributed by atoms with E-state index in [0.29, 0.717) is 32.0 Å². The molecule has 1 atom stereocenters. The monoisotopic (exact) mass is 482 g/mol. The van der Waals surface area contributed by atoms with Crippen LogP contribution in [0.5, 0.6) is 5.75 Å². The van der Waals surface area contributed by atoms with Crippen molar-refractivity contribution in [3.63, 3.8) is 0 Å². The second-order valence-corrected chi connectivity index (χ2v) is 9.78. The van der Waals surface area contributed by atoms with Gasteiger partial charge in [-0.25, -0.2) is 4.39 Å². The Hall–Kier alpha value is -2.93. The maximum absolute atomic E-state index is 13.3. The Morgan fingerprint density at radius 3 is 2.51 bits per heavy atom. The van der Waals surface area contributed by atoms with Gasteiger partial charge in [0.1, 0.15) is 23.8 Å². The Bertz CT molecular complexity index is 978. The maximum Gasteiger partial charge on any atom is 0.225 e. The first-order chi connectivity index (χ1) is 16.9. The molecule has 2 aromatic rings. The lowest BCUT2D eigenvalue weighted by Crippen LogP contribution is -2.59. The first kappa shape index (κ1) is 25.2. The van der Waals surface area contributed by atoms with Gasteiger partial charge in [0.05, 0.1) is 19.6 Å². The average molecular weight is 483 g/mol. The number of amides is 2. The summed E-state index contributed by atoms with van der Waals surface area (Å²) in [6, 6.07) is 15.6. The molecule has 188 valence electrons. The van der Waals surface area contributed by atoms with Gasteiger partial charge in [0.2, 0.25) is 11.8 Å². The lowest BCUT2D eigenvalue weighted by molar-refractivity contribution is -0.168. The molecule has 1 heterocycles. The van der Waals surface area contributed by atoms with Crippen molar-refractivity contribution in [2.24, 2.45) is 5.92 Å². The molecule has 1 saturated heterocycles. The van der Waals surface area contributed by atoms with E-state index in [1.165, 1.54) is 18.6 Å². The lowest BCUT2D eigenvalue weighted by Gasteiger charge is -2.43. The van der Waals surface area contributed by atoms with Crippen molar-refractivity contribution in [2.75, 3.05) is 33.4 Å². The summed E-state index contributed by atoms with van der Waals surface area (Å²) in [4.78, 5) is 30.1. The first-order valence-electron chi connectivity index (χ1n) is 12.5. The molecular formula is C28H35FN2O4. The third-order valence-electron chi connectivity index (χ3n) is 6.99. The van der Waals surface area contributed by atoms with Crippen molar-refractivity contribution >= 4 is 11.8 Å². The number of ether oxygens (including phenoxy) is 2. The zero-order valence-electron chi connectivity index (χ0n) is 20.5. The molecule has 0 unspecified atom stereocenters. The van der Waals surface area contributed by atoms with Crippen molar-refractivity contribution in [2.45, 2.75) is 50.7 Å². The van der Waals surface area contributed by atoms with Crippen molar-refractivity contribution < 1.29 is 23.5 Å². The Kier molecular flexibility index (Phi) is 8.39. The third kappa shape index (κ3) is 6.82. The van der Waals surface area contributed by atoms with E-state index in [-0.39, 0.29) is 36.6 Å². The number of morpholine rings is 1. The van der Waals surface area contributed by atoms with E-state index < -0.39 is 5.60 Å². The van der Waals surface area contributed by atoms with E-state index in [1.54, 1.807) is 24.1 Å². The van der Waals surface area contributed by atoms with Crippen LogP contribution < -0.4 is 4.74 Å². The van der Waals surface area contributed by atoms with Crippen LogP contribution in [0, 0.1) is 11.7 Å². The van der Waals surface area contributed by atoms with Gasteiger partial charge in [-0.15, -0.1) is 0 Å². The summed E-state index contributed by atoms with van der Waals surface area (Å²) in [6.07, 6.45) is 5.29. The van der Waals surface area contributed by atoms with Crippen LogP contribution in [0.1, 0.15) is 44.1 Å². The fourth-order valence-corrected chi connectivity index (χ4v) is 4.99. The first-order valence-corrected chi connectivity index (χ1v) is 12.5. The Balaban J connectivity index is 1.48. The second kappa shape index (κ2) is 11.7. The summed E-state index contributed by atoms with van der Waals surface area (Å²) in [7, 11) is 1.78. The second-order valence-electron chi connectivity index (χ2n) is 9.78. The molecule has 0 N–H and O–H groups in total. The molecule has 1 saturated carbocycles. The summed E-state index contributed by atoms with van der Waals surface area (Å²) in [6.45, 7) is 1.74. The van der Waals surface area contributed by atoms with Crippen LogP contribution >= 0.6 is 0 Å². The Morgan fingerprint density at radius 2 is 1.80 bits per heavy atom. The lowest BCUT2D eigenvalue weighted by atomic mass is 9.87. The van der Waals surface area contributed by atoms with Gasteiger partial charge in [-0.05, 0) is 42.7 Å². The summed E-state index contributed by atoms with van der Waals surface area (Å²) in [5.41, 5.74) is 0.0672. The fraction of sp³-hybridized carbons (Fsp3) is 0.500. The van der Waals surface area contributed by atoms with Gasteiger partial charge in [0, 0.05) is 26.1 Å². The molecule has 0 aromatic heterocycles. The van der Waals surface area contributed by atoms with E-state index in [9.17, 15) is 14.0 Å². The van der Waals surface area contributed by atoms with E-state index >= 15 is 0 Å². The molecule has 0 radical (unpaired) electrons. The standard InChI is InChI=1S/C28H35FN2O4/c1-30(19-22-8-4-2-5-9-22)26(32)18-28(21-34-25-14-12-24(29)13-15-25)20-31(16-17-35-28)27(33)23-10-6-3-7-11-23/h2,4-5,8-9,12-15,23H,3,6-7,10-11,16-21H2,1H3/t28-/m0/s1. The molecule has 0 spiro atoms. The summed E-state index contributed by atoms with van der Waals surface area (Å²) in [5, 5.41) is 0. The van der Waals surface area contributed by atoms with Crippen molar-refractivity contribution in [3.8, 4) is 5.75 Å². The Labute approximate surface area is 207 Å². The van der Waals surface area contributed by atoms with Crippen LogP contribution in [-0.4, -0.2) is 60.6 Å². The summed E-state index contributed by atoms with van der Waals surface area (Å²) in [5.74, 6) is 0.278. The quantitative estimate of drug-likeness (QED) is 0.559. The molecule has 2 aliphatic rings. The number of nitrogens with zero attached hydrogens (tertiary/aromatic N) is 2. The van der Waals surface area contributed by atoms with Crippen LogP contribution in [-0.2, 0) is 20.9 Å². The molecule has 35 heavy (non-hydrogen) atoms. The largest absolute Gasteiger partial charge is 0.490 e. The molecule has 2 aromatic carbocycles. The van der Waals surface area contributed by atoms with Gasteiger partial charge in [-0.2, -0.15) is 0 Å². The number of rotatable bonds is 8. The fourth-order valence-electron chi connectivity index (χ4n) is 4.99. The van der Waals surface area contributed by atoms with E-state index in [4.69, 9.17) is 9.47 Å². The molecule has 1 aliphatic heterocycles. The molecule has 1 aliphatic carbocycles. The number of benzene rings is 2. The number of hydrogen-bond acceptors (Lipinski definition) is 4. The molecular weight excluding hydrogens is 447 g/mol. The van der Waals surface area contributed by atoms with Crippen molar-refractivity contribution in [3.05, 3.63) is 66.0 Å². The number of hydrogen-bond donors (Lipinski definition) is 0. The minimum absolute atomic E-state index is 0.0500. The van der Waals surface area contributed by atoms with Crippen LogP contribution in [0.15, 0.2) is 54.6 Å². The highest BCUT2D eigenvalue weighted by molar-refractivity contribution is 5.80. The van der Waals surface area contributed by atoms with Gasteiger partial charge in [0.25, 0.3) is 0 Å². The smallest absolute Gasteiger partial charge is 0.225 e. The molecule has 7 heteroatoms. The zero-order chi connectivity index (χ0) is 24.7. The Morgan fingerprint density at radius 1 is 1.09 bits per heavy atom. The van der Waals surface area contributed by atoms with Gasteiger partial charge in [-0.1, -0.05) is 49.6 Å².